The highest BCUT2D eigenvalue weighted by atomic mass is 79.9. The van der Waals surface area contributed by atoms with Gasteiger partial charge < -0.3 is 5.32 Å². The minimum absolute atomic E-state index is 0.0573. The van der Waals surface area contributed by atoms with Gasteiger partial charge in [0.15, 0.2) is 11.6 Å². The van der Waals surface area contributed by atoms with Gasteiger partial charge in [-0.15, -0.1) is 0 Å². The second-order valence-corrected chi connectivity index (χ2v) is 5.37. The summed E-state index contributed by atoms with van der Waals surface area (Å²) in [5.41, 5.74) is 1.54. The Balaban J connectivity index is 2.04. The van der Waals surface area contributed by atoms with E-state index in [0.29, 0.717) is 16.6 Å². The van der Waals surface area contributed by atoms with Crippen LogP contribution in [0.3, 0.4) is 0 Å². The molecule has 0 radical (unpaired) electrons. The van der Waals surface area contributed by atoms with Crippen LogP contribution in [-0.2, 0) is 6.54 Å². The van der Waals surface area contributed by atoms with Crippen LogP contribution in [0, 0.1) is 17.5 Å². The Morgan fingerprint density at radius 2 is 1.80 bits per heavy atom. The van der Waals surface area contributed by atoms with Crippen LogP contribution >= 0.6 is 15.9 Å². The van der Waals surface area contributed by atoms with E-state index >= 15 is 0 Å². The van der Waals surface area contributed by atoms with Gasteiger partial charge in [0.2, 0.25) is 0 Å². The van der Waals surface area contributed by atoms with Gasteiger partial charge in [0.1, 0.15) is 5.82 Å². The van der Waals surface area contributed by atoms with Crippen molar-refractivity contribution in [3.63, 3.8) is 0 Å². The predicted octanol–water partition coefficient (Wildman–Crippen LogP) is 4.72. The zero-order valence-electron chi connectivity index (χ0n) is 10.8. The van der Waals surface area contributed by atoms with Crippen molar-refractivity contribution in [1.29, 1.82) is 0 Å². The molecule has 0 fully saturated rings. The van der Waals surface area contributed by atoms with Crippen LogP contribution < -0.4 is 5.32 Å². The van der Waals surface area contributed by atoms with Crippen molar-refractivity contribution in [2.45, 2.75) is 19.5 Å². The van der Waals surface area contributed by atoms with E-state index in [2.05, 4.69) is 21.2 Å². The van der Waals surface area contributed by atoms with Crippen molar-refractivity contribution in [2.24, 2.45) is 0 Å². The van der Waals surface area contributed by atoms with Gasteiger partial charge in [0.05, 0.1) is 0 Å². The van der Waals surface area contributed by atoms with Crippen LogP contribution in [0.25, 0.3) is 0 Å². The minimum atomic E-state index is -0.861. The molecule has 2 aromatic carbocycles. The van der Waals surface area contributed by atoms with E-state index in [1.165, 1.54) is 18.2 Å². The number of nitrogens with one attached hydrogen (secondary N) is 1. The Hall–Kier alpha value is -1.33. The molecular weight excluding hydrogens is 331 g/mol. The molecule has 0 aliphatic rings. The third-order valence-electron chi connectivity index (χ3n) is 3.03. The summed E-state index contributed by atoms with van der Waals surface area (Å²) < 4.78 is 39.6. The highest BCUT2D eigenvalue weighted by Crippen LogP contribution is 2.24. The fourth-order valence-electron chi connectivity index (χ4n) is 1.88. The molecule has 0 heterocycles. The van der Waals surface area contributed by atoms with Crippen LogP contribution in [0.15, 0.2) is 40.9 Å². The summed E-state index contributed by atoms with van der Waals surface area (Å²) in [6.45, 7) is 2.31. The first-order chi connectivity index (χ1) is 9.47. The lowest BCUT2D eigenvalue weighted by molar-refractivity contribution is 0.503. The average Bonchev–Trinajstić information content (AvgIpc) is 2.40. The molecule has 0 spiro atoms. The summed E-state index contributed by atoms with van der Waals surface area (Å²) in [7, 11) is 0. The molecule has 1 nitrogen and oxygen atoms in total. The summed E-state index contributed by atoms with van der Waals surface area (Å²) in [5.74, 6) is -2.03. The van der Waals surface area contributed by atoms with Crippen LogP contribution in [0.1, 0.15) is 24.1 Å². The average molecular weight is 344 g/mol. The van der Waals surface area contributed by atoms with Crippen LogP contribution in [0.4, 0.5) is 13.2 Å². The molecule has 0 aliphatic heterocycles. The van der Waals surface area contributed by atoms with Crippen molar-refractivity contribution >= 4 is 15.9 Å². The molecule has 0 amide bonds. The number of hydrogen-bond acceptors (Lipinski definition) is 1. The molecule has 0 saturated carbocycles. The summed E-state index contributed by atoms with van der Waals surface area (Å²) in [4.78, 5) is 0. The lowest BCUT2D eigenvalue weighted by atomic mass is 10.1. The highest BCUT2D eigenvalue weighted by molar-refractivity contribution is 9.10. The maximum absolute atomic E-state index is 13.1. The zero-order chi connectivity index (χ0) is 14.7. The molecule has 2 aromatic rings. The monoisotopic (exact) mass is 343 g/mol. The van der Waals surface area contributed by atoms with Crippen molar-refractivity contribution < 1.29 is 13.2 Å². The number of rotatable bonds is 4. The SMILES string of the molecule is CC(NCc1ccc(F)c(F)c1)c1ccc(F)cc1Br. The van der Waals surface area contributed by atoms with E-state index in [9.17, 15) is 13.2 Å². The largest absolute Gasteiger partial charge is 0.306 e. The van der Waals surface area contributed by atoms with Gasteiger partial charge in [-0.25, -0.2) is 13.2 Å². The molecule has 0 aliphatic carbocycles. The van der Waals surface area contributed by atoms with E-state index in [1.807, 2.05) is 6.92 Å². The highest BCUT2D eigenvalue weighted by Gasteiger charge is 2.10. The fraction of sp³-hybridized carbons (Fsp3) is 0.200. The molecular formula is C15H13BrF3N. The Bertz CT molecular complexity index is 616. The molecule has 2 rings (SSSR count). The minimum Gasteiger partial charge on any atom is -0.306 e. The van der Waals surface area contributed by atoms with Crippen molar-refractivity contribution in [3.8, 4) is 0 Å². The van der Waals surface area contributed by atoms with E-state index in [-0.39, 0.29) is 11.9 Å². The normalized spacial score (nSPS) is 12.4. The van der Waals surface area contributed by atoms with Gasteiger partial charge in [-0.2, -0.15) is 0 Å². The van der Waals surface area contributed by atoms with Gasteiger partial charge >= 0.3 is 0 Å². The molecule has 5 heteroatoms. The summed E-state index contributed by atoms with van der Waals surface area (Å²) in [6, 6.07) is 8.19. The molecule has 20 heavy (non-hydrogen) atoms. The third kappa shape index (κ3) is 3.61. The summed E-state index contributed by atoms with van der Waals surface area (Å²) in [5, 5.41) is 3.18. The molecule has 1 N–H and O–H groups in total. The zero-order valence-corrected chi connectivity index (χ0v) is 12.3. The van der Waals surface area contributed by atoms with Crippen molar-refractivity contribution in [3.05, 3.63) is 69.4 Å². The number of halogens is 4. The van der Waals surface area contributed by atoms with E-state index in [4.69, 9.17) is 0 Å². The second-order valence-electron chi connectivity index (χ2n) is 4.52. The predicted molar refractivity (Wildman–Crippen MR) is 75.7 cm³/mol. The molecule has 0 bridgehead atoms. The van der Waals surface area contributed by atoms with E-state index < -0.39 is 11.6 Å². The second kappa shape index (κ2) is 6.41. The summed E-state index contributed by atoms with van der Waals surface area (Å²) in [6.07, 6.45) is 0. The molecule has 0 saturated heterocycles. The lowest BCUT2D eigenvalue weighted by Gasteiger charge is -2.16. The Kier molecular flexibility index (Phi) is 4.83. The fourth-order valence-corrected chi connectivity index (χ4v) is 2.58. The van der Waals surface area contributed by atoms with E-state index in [0.717, 1.165) is 17.7 Å². The molecule has 1 unspecified atom stereocenters. The smallest absolute Gasteiger partial charge is 0.159 e. The molecule has 0 aromatic heterocycles. The topological polar surface area (TPSA) is 12.0 Å². The third-order valence-corrected chi connectivity index (χ3v) is 3.71. The molecule has 1 atom stereocenters. The Morgan fingerprint density at radius 3 is 2.45 bits per heavy atom. The number of hydrogen-bond donors (Lipinski definition) is 1. The van der Waals surface area contributed by atoms with Crippen molar-refractivity contribution in [1.82, 2.24) is 5.32 Å². The maximum Gasteiger partial charge on any atom is 0.159 e. The van der Waals surface area contributed by atoms with E-state index in [1.54, 1.807) is 6.07 Å². The molecule has 106 valence electrons. The Morgan fingerprint density at radius 1 is 1.05 bits per heavy atom. The summed E-state index contributed by atoms with van der Waals surface area (Å²) >= 11 is 3.31. The van der Waals surface area contributed by atoms with Crippen molar-refractivity contribution in [2.75, 3.05) is 0 Å². The van der Waals surface area contributed by atoms with Crippen LogP contribution in [0.5, 0.6) is 0 Å². The van der Waals surface area contributed by atoms with Gasteiger partial charge in [-0.1, -0.05) is 28.1 Å². The van der Waals surface area contributed by atoms with Crippen LogP contribution in [0.2, 0.25) is 0 Å². The Labute approximate surface area is 123 Å². The maximum atomic E-state index is 13.1. The first kappa shape index (κ1) is 15.1. The lowest BCUT2D eigenvalue weighted by Crippen LogP contribution is -2.18. The first-order valence-corrected chi connectivity index (χ1v) is 6.89. The van der Waals surface area contributed by atoms with Gasteiger partial charge in [-0.05, 0) is 42.3 Å². The first-order valence-electron chi connectivity index (χ1n) is 6.09. The van der Waals surface area contributed by atoms with Crippen LogP contribution in [-0.4, -0.2) is 0 Å². The van der Waals surface area contributed by atoms with Gasteiger partial charge in [0.25, 0.3) is 0 Å². The van der Waals surface area contributed by atoms with Gasteiger partial charge in [-0.3, -0.25) is 0 Å². The quantitative estimate of drug-likeness (QED) is 0.847. The number of benzene rings is 2. The van der Waals surface area contributed by atoms with Gasteiger partial charge in [0, 0.05) is 17.1 Å². The standard InChI is InChI=1S/C15H13BrF3N/c1-9(12-4-3-11(17)7-13(12)16)20-8-10-2-5-14(18)15(19)6-10/h2-7,9,20H,8H2,1H3.